The Labute approximate surface area is 109 Å². The zero-order valence-corrected chi connectivity index (χ0v) is 11.5. The van der Waals surface area contributed by atoms with Crippen LogP contribution in [-0.2, 0) is 9.59 Å². The van der Waals surface area contributed by atoms with Gasteiger partial charge in [0.15, 0.2) is 0 Å². The zero-order valence-electron chi connectivity index (χ0n) is 11.5. The number of carbonyl (C=O) groups is 2. The summed E-state index contributed by atoms with van der Waals surface area (Å²) in [5.74, 6) is 0.0809. The molecule has 4 nitrogen and oxygen atoms in total. The van der Waals surface area contributed by atoms with Crippen molar-refractivity contribution in [2.45, 2.75) is 58.4 Å². The first-order valence-corrected chi connectivity index (χ1v) is 7.09. The molecule has 1 spiro atoms. The van der Waals surface area contributed by atoms with Gasteiger partial charge in [0.25, 0.3) is 0 Å². The van der Waals surface area contributed by atoms with Crippen molar-refractivity contribution in [1.29, 1.82) is 0 Å². The van der Waals surface area contributed by atoms with Crippen LogP contribution in [0.5, 0.6) is 0 Å². The summed E-state index contributed by atoms with van der Waals surface area (Å²) in [6, 6.07) is 0.390. The highest BCUT2D eigenvalue weighted by atomic mass is 16.2. The fourth-order valence-electron chi connectivity index (χ4n) is 3.23. The van der Waals surface area contributed by atoms with Gasteiger partial charge >= 0.3 is 0 Å². The standard InChI is InChI=1S/C14H24N2O2/c1-11(2)15-7-8-16-12(17)9-14(10-13(16)18)5-3-4-6-14/h11,15H,3-10H2,1-2H3. The highest BCUT2D eigenvalue weighted by molar-refractivity contribution is 5.98. The summed E-state index contributed by atoms with van der Waals surface area (Å²) in [4.78, 5) is 25.7. The van der Waals surface area contributed by atoms with Crippen LogP contribution in [-0.4, -0.2) is 35.8 Å². The number of rotatable bonds is 4. The van der Waals surface area contributed by atoms with E-state index < -0.39 is 0 Å². The molecule has 1 N–H and O–H groups in total. The molecule has 0 atom stereocenters. The van der Waals surface area contributed by atoms with Crippen molar-refractivity contribution in [2.75, 3.05) is 13.1 Å². The molecular formula is C14H24N2O2. The molecule has 18 heavy (non-hydrogen) atoms. The molecule has 0 aromatic carbocycles. The molecular weight excluding hydrogens is 228 g/mol. The van der Waals surface area contributed by atoms with Crippen molar-refractivity contribution < 1.29 is 9.59 Å². The maximum absolute atomic E-state index is 12.1. The number of likely N-dealkylation sites (tertiary alicyclic amines) is 1. The van der Waals surface area contributed by atoms with Gasteiger partial charge in [-0.15, -0.1) is 0 Å². The molecule has 1 aliphatic heterocycles. The van der Waals surface area contributed by atoms with Crippen molar-refractivity contribution >= 4 is 11.8 Å². The van der Waals surface area contributed by atoms with Crippen molar-refractivity contribution in [2.24, 2.45) is 5.41 Å². The van der Waals surface area contributed by atoms with Crippen LogP contribution < -0.4 is 5.32 Å². The topological polar surface area (TPSA) is 49.4 Å². The summed E-state index contributed by atoms with van der Waals surface area (Å²) in [6.07, 6.45) is 5.64. The van der Waals surface area contributed by atoms with Crippen LogP contribution in [0.15, 0.2) is 0 Å². The van der Waals surface area contributed by atoms with Crippen LogP contribution >= 0.6 is 0 Å². The lowest BCUT2D eigenvalue weighted by Gasteiger charge is -2.37. The van der Waals surface area contributed by atoms with Gasteiger partial charge in [-0.05, 0) is 18.3 Å². The van der Waals surface area contributed by atoms with E-state index >= 15 is 0 Å². The minimum Gasteiger partial charge on any atom is -0.313 e. The normalized spacial score (nSPS) is 23.4. The van der Waals surface area contributed by atoms with Crippen LogP contribution in [0.1, 0.15) is 52.4 Å². The van der Waals surface area contributed by atoms with E-state index in [1.165, 1.54) is 17.7 Å². The van der Waals surface area contributed by atoms with E-state index in [2.05, 4.69) is 19.2 Å². The highest BCUT2D eigenvalue weighted by Crippen LogP contribution is 2.46. The van der Waals surface area contributed by atoms with E-state index in [9.17, 15) is 9.59 Å². The predicted octanol–water partition coefficient (Wildman–Crippen LogP) is 1.69. The quantitative estimate of drug-likeness (QED) is 0.775. The lowest BCUT2D eigenvalue weighted by atomic mass is 9.76. The molecule has 2 aliphatic rings. The average Bonchev–Trinajstić information content (AvgIpc) is 2.70. The number of hydrogen-bond donors (Lipinski definition) is 1. The van der Waals surface area contributed by atoms with Gasteiger partial charge in [-0.3, -0.25) is 14.5 Å². The molecule has 4 heteroatoms. The molecule has 102 valence electrons. The second-order valence-electron chi connectivity index (χ2n) is 6.11. The lowest BCUT2D eigenvalue weighted by molar-refractivity contribution is -0.153. The Balaban J connectivity index is 1.90. The zero-order chi connectivity index (χ0) is 13.2. The first-order valence-electron chi connectivity index (χ1n) is 7.09. The summed E-state index contributed by atoms with van der Waals surface area (Å²) < 4.78 is 0. The molecule has 1 aliphatic carbocycles. The summed E-state index contributed by atoms with van der Waals surface area (Å²) in [5, 5.41) is 3.25. The van der Waals surface area contributed by atoms with Crippen LogP contribution in [0.3, 0.4) is 0 Å². The van der Waals surface area contributed by atoms with Gasteiger partial charge in [0.2, 0.25) is 11.8 Å². The summed E-state index contributed by atoms with van der Waals surface area (Å²) in [7, 11) is 0. The fourth-order valence-corrected chi connectivity index (χ4v) is 3.23. The molecule has 1 heterocycles. The largest absolute Gasteiger partial charge is 0.313 e. The third-order valence-electron chi connectivity index (χ3n) is 4.21. The van der Waals surface area contributed by atoms with Crippen molar-refractivity contribution in [3.63, 3.8) is 0 Å². The monoisotopic (exact) mass is 252 g/mol. The van der Waals surface area contributed by atoms with E-state index in [0.717, 1.165) is 12.8 Å². The van der Waals surface area contributed by atoms with Crippen molar-refractivity contribution in [3.05, 3.63) is 0 Å². The molecule has 1 saturated carbocycles. The molecule has 1 saturated heterocycles. The number of amides is 2. The first kappa shape index (κ1) is 13.5. The third kappa shape index (κ3) is 2.91. The van der Waals surface area contributed by atoms with Crippen LogP contribution in [0.2, 0.25) is 0 Å². The Morgan fingerprint density at radius 3 is 2.22 bits per heavy atom. The molecule has 0 unspecified atom stereocenters. The number of piperidine rings is 1. The number of nitrogens with zero attached hydrogens (tertiary/aromatic N) is 1. The van der Waals surface area contributed by atoms with Gasteiger partial charge in [0, 0.05) is 32.0 Å². The van der Waals surface area contributed by atoms with Crippen molar-refractivity contribution in [3.8, 4) is 0 Å². The Hall–Kier alpha value is -0.900. The second kappa shape index (κ2) is 5.39. The van der Waals surface area contributed by atoms with Gasteiger partial charge in [0.1, 0.15) is 0 Å². The van der Waals surface area contributed by atoms with E-state index in [1.807, 2.05) is 0 Å². The minimum atomic E-state index is 0.0240. The van der Waals surface area contributed by atoms with E-state index in [-0.39, 0.29) is 17.2 Å². The van der Waals surface area contributed by atoms with Crippen LogP contribution in [0, 0.1) is 5.41 Å². The lowest BCUT2D eigenvalue weighted by Crippen LogP contribution is -2.49. The number of nitrogens with one attached hydrogen (secondary N) is 1. The third-order valence-corrected chi connectivity index (χ3v) is 4.21. The smallest absolute Gasteiger partial charge is 0.229 e. The van der Waals surface area contributed by atoms with Crippen LogP contribution in [0.4, 0.5) is 0 Å². The Morgan fingerprint density at radius 2 is 1.72 bits per heavy atom. The molecule has 2 amide bonds. The summed E-state index contributed by atoms with van der Waals surface area (Å²) >= 11 is 0. The maximum atomic E-state index is 12.1. The predicted molar refractivity (Wildman–Crippen MR) is 70.0 cm³/mol. The number of hydrogen-bond acceptors (Lipinski definition) is 3. The van der Waals surface area contributed by atoms with Crippen molar-refractivity contribution in [1.82, 2.24) is 10.2 Å². The summed E-state index contributed by atoms with van der Waals surface area (Å²) in [5.41, 5.74) is 0.0240. The van der Waals surface area contributed by atoms with Gasteiger partial charge in [0.05, 0.1) is 0 Å². The fraction of sp³-hybridized carbons (Fsp3) is 0.857. The average molecular weight is 252 g/mol. The Kier molecular flexibility index (Phi) is 4.05. The Morgan fingerprint density at radius 1 is 1.17 bits per heavy atom. The van der Waals surface area contributed by atoms with Gasteiger partial charge in [-0.1, -0.05) is 26.7 Å². The maximum Gasteiger partial charge on any atom is 0.229 e. The molecule has 0 radical (unpaired) electrons. The highest BCUT2D eigenvalue weighted by Gasteiger charge is 2.44. The number of carbonyl (C=O) groups excluding carboxylic acids is 2. The molecule has 0 aromatic heterocycles. The number of imide groups is 1. The second-order valence-corrected chi connectivity index (χ2v) is 6.11. The molecule has 2 rings (SSSR count). The SMILES string of the molecule is CC(C)NCCN1C(=O)CC2(CCCC2)CC1=O. The van der Waals surface area contributed by atoms with Crippen LogP contribution in [0.25, 0.3) is 0 Å². The van der Waals surface area contributed by atoms with E-state index in [1.54, 1.807) is 0 Å². The van der Waals surface area contributed by atoms with E-state index in [4.69, 9.17) is 0 Å². The molecule has 0 bridgehead atoms. The van der Waals surface area contributed by atoms with Gasteiger partial charge < -0.3 is 5.32 Å². The van der Waals surface area contributed by atoms with Gasteiger partial charge in [-0.2, -0.15) is 0 Å². The summed E-state index contributed by atoms with van der Waals surface area (Å²) in [6.45, 7) is 5.34. The van der Waals surface area contributed by atoms with E-state index in [0.29, 0.717) is 32.0 Å². The molecule has 2 fully saturated rings. The minimum absolute atomic E-state index is 0.0240. The first-order chi connectivity index (χ1) is 8.52. The van der Waals surface area contributed by atoms with Gasteiger partial charge in [-0.25, -0.2) is 0 Å². The Bertz CT molecular complexity index is 313. The molecule has 0 aromatic rings.